The van der Waals surface area contributed by atoms with E-state index >= 15 is 0 Å². The number of carbonyl (C=O) groups excluding carboxylic acids is 1. The number of aryl methyl sites for hydroxylation is 1. The summed E-state index contributed by atoms with van der Waals surface area (Å²) in [5, 5.41) is 2.79. The van der Waals surface area contributed by atoms with Gasteiger partial charge in [-0.15, -0.1) is 11.6 Å². The largest absolute Gasteiger partial charge is 0.438 e. The summed E-state index contributed by atoms with van der Waals surface area (Å²) in [4.78, 5) is 15.4. The summed E-state index contributed by atoms with van der Waals surface area (Å²) in [7, 11) is 0. The van der Waals surface area contributed by atoms with Gasteiger partial charge >= 0.3 is 0 Å². The van der Waals surface area contributed by atoms with E-state index in [0.717, 1.165) is 12.8 Å². The van der Waals surface area contributed by atoms with E-state index in [-0.39, 0.29) is 5.91 Å². The van der Waals surface area contributed by atoms with E-state index in [1.165, 1.54) is 6.39 Å². The van der Waals surface area contributed by atoms with Crippen molar-refractivity contribution < 1.29 is 9.21 Å². The molecule has 0 bridgehead atoms. The first-order valence-corrected chi connectivity index (χ1v) is 5.92. The highest BCUT2D eigenvalue weighted by Gasteiger charge is 2.12. The standard InChI is InChI=1S/C11H17ClN2O2/c1-8(6-12)4-3-5-13-11(15)10-9(2)14-7-16-10/h7-8H,3-6H2,1-2H3,(H,13,15). The average Bonchev–Trinajstić information content (AvgIpc) is 2.70. The van der Waals surface area contributed by atoms with Crippen molar-refractivity contribution in [2.45, 2.75) is 26.7 Å². The molecule has 1 amide bonds. The molecule has 1 rings (SSSR count). The molecule has 1 aromatic heterocycles. The monoisotopic (exact) mass is 244 g/mol. The summed E-state index contributed by atoms with van der Waals surface area (Å²) in [6, 6.07) is 0. The number of carbonyl (C=O) groups is 1. The first-order chi connectivity index (χ1) is 7.65. The number of nitrogens with zero attached hydrogens (tertiary/aromatic N) is 1. The average molecular weight is 245 g/mol. The number of halogens is 1. The minimum absolute atomic E-state index is 0.200. The first kappa shape index (κ1) is 13.0. The number of oxazole rings is 1. The van der Waals surface area contributed by atoms with Crippen molar-refractivity contribution in [1.29, 1.82) is 0 Å². The number of amides is 1. The van der Waals surface area contributed by atoms with E-state index in [1.807, 2.05) is 0 Å². The van der Waals surface area contributed by atoms with Gasteiger partial charge in [0.1, 0.15) is 0 Å². The Hall–Kier alpha value is -1.03. The van der Waals surface area contributed by atoms with Gasteiger partial charge in [0.05, 0.1) is 5.69 Å². The molecule has 0 aliphatic heterocycles. The predicted molar refractivity (Wildman–Crippen MR) is 62.7 cm³/mol. The molecule has 1 N–H and O–H groups in total. The van der Waals surface area contributed by atoms with Gasteiger partial charge < -0.3 is 9.73 Å². The second-order valence-electron chi connectivity index (χ2n) is 3.92. The summed E-state index contributed by atoms with van der Waals surface area (Å²) in [5.74, 6) is 1.25. The Bertz CT molecular complexity index is 338. The first-order valence-electron chi connectivity index (χ1n) is 5.39. The molecule has 16 heavy (non-hydrogen) atoms. The Kier molecular flexibility index (Phi) is 5.32. The van der Waals surface area contributed by atoms with Gasteiger partial charge in [0, 0.05) is 12.4 Å². The number of aromatic nitrogens is 1. The molecule has 1 atom stereocenters. The summed E-state index contributed by atoms with van der Waals surface area (Å²) in [6.45, 7) is 4.48. The number of alkyl halides is 1. The molecule has 0 radical (unpaired) electrons. The predicted octanol–water partition coefficient (Wildman–Crippen LogP) is 2.37. The zero-order chi connectivity index (χ0) is 12.0. The van der Waals surface area contributed by atoms with Crippen molar-refractivity contribution in [3.05, 3.63) is 17.8 Å². The van der Waals surface area contributed by atoms with Crippen LogP contribution in [0.2, 0.25) is 0 Å². The van der Waals surface area contributed by atoms with Gasteiger partial charge in [-0.3, -0.25) is 4.79 Å². The second kappa shape index (κ2) is 6.53. The molecule has 0 aliphatic rings. The van der Waals surface area contributed by atoms with E-state index in [4.69, 9.17) is 16.0 Å². The van der Waals surface area contributed by atoms with Gasteiger partial charge in [-0.2, -0.15) is 0 Å². The summed E-state index contributed by atoms with van der Waals surface area (Å²) in [5.41, 5.74) is 0.617. The molecule has 0 aromatic carbocycles. The molecule has 1 unspecified atom stereocenters. The van der Waals surface area contributed by atoms with Gasteiger partial charge in [-0.05, 0) is 25.7 Å². The van der Waals surface area contributed by atoms with Crippen LogP contribution in [0, 0.1) is 12.8 Å². The third kappa shape index (κ3) is 3.85. The Morgan fingerprint density at radius 1 is 1.69 bits per heavy atom. The highest BCUT2D eigenvalue weighted by atomic mass is 35.5. The van der Waals surface area contributed by atoms with E-state index in [9.17, 15) is 4.79 Å². The number of rotatable bonds is 6. The highest BCUT2D eigenvalue weighted by molar-refractivity contribution is 6.18. The molecular weight excluding hydrogens is 228 g/mol. The van der Waals surface area contributed by atoms with Crippen LogP contribution in [0.4, 0.5) is 0 Å². The molecule has 4 nitrogen and oxygen atoms in total. The smallest absolute Gasteiger partial charge is 0.288 e. The van der Waals surface area contributed by atoms with Crippen LogP contribution in [0.3, 0.4) is 0 Å². The SMILES string of the molecule is Cc1ncoc1C(=O)NCCCC(C)CCl. The molecule has 0 saturated carbocycles. The van der Waals surface area contributed by atoms with Crippen LogP contribution in [0.15, 0.2) is 10.8 Å². The minimum atomic E-state index is -0.200. The molecule has 1 aromatic rings. The lowest BCUT2D eigenvalue weighted by Gasteiger charge is -2.07. The zero-order valence-electron chi connectivity index (χ0n) is 9.62. The van der Waals surface area contributed by atoms with E-state index in [1.54, 1.807) is 6.92 Å². The molecule has 0 fully saturated rings. The van der Waals surface area contributed by atoms with Crippen LogP contribution in [-0.4, -0.2) is 23.3 Å². The molecule has 5 heteroatoms. The highest BCUT2D eigenvalue weighted by Crippen LogP contribution is 2.07. The quantitative estimate of drug-likeness (QED) is 0.617. The van der Waals surface area contributed by atoms with Crippen molar-refractivity contribution in [3.63, 3.8) is 0 Å². The number of hydrogen-bond donors (Lipinski definition) is 1. The maximum atomic E-state index is 11.6. The minimum Gasteiger partial charge on any atom is -0.438 e. The van der Waals surface area contributed by atoms with Gasteiger partial charge in [-0.25, -0.2) is 4.98 Å². The van der Waals surface area contributed by atoms with E-state index in [0.29, 0.717) is 29.8 Å². The van der Waals surface area contributed by atoms with Crippen molar-refractivity contribution in [3.8, 4) is 0 Å². The molecule has 0 spiro atoms. The Morgan fingerprint density at radius 2 is 2.44 bits per heavy atom. The van der Waals surface area contributed by atoms with Crippen LogP contribution < -0.4 is 5.32 Å². The Labute approximate surface area is 100 Å². The number of nitrogens with one attached hydrogen (secondary N) is 1. The van der Waals surface area contributed by atoms with Crippen LogP contribution in [0.1, 0.15) is 36.0 Å². The molecule has 0 aliphatic carbocycles. The van der Waals surface area contributed by atoms with Gasteiger partial charge in [0.15, 0.2) is 6.39 Å². The molecular formula is C11H17ClN2O2. The van der Waals surface area contributed by atoms with Crippen molar-refractivity contribution in [1.82, 2.24) is 10.3 Å². The normalized spacial score (nSPS) is 12.4. The Morgan fingerprint density at radius 3 is 3.00 bits per heavy atom. The van der Waals surface area contributed by atoms with Gasteiger partial charge in [0.25, 0.3) is 5.91 Å². The fraction of sp³-hybridized carbons (Fsp3) is 0.636. The third-order valence-corrected chi connectivity index (χ3v) is 2.90. The maximum Gasteiger partial charge on any atom is 0.288 e. The third-order valence-electron chi connectivity index (χ3n) is 2.37. The molecule has 1 heterocycles. The fourth-order valence-corrected chi connectivity index (χ4v) is 1.48. The summed E-state index contributed by atoms with van der Waals surface area (Å²) < 4.78 is 4.98. The second-order valence-corrected chi connectivity index (χ2v) is 4.23. The van der Waals surface area contributed by atoms with Crippen LogP contribution in [0.25, 0.3) is 0 Å². The van der Waals surface area contributed by atoms with Gasteiger partial charge in [0.2, 0.25) is 5.76 Å². The van der Waals surface area contributed by atoms with Gasteiger partial charge in [-0.1, -0.05) is 6.92 Å². The summed E-state index contributed by atoms with van der Waals surface area (Å²) >= 11 is 5.68. The fourth-order valence-electron chi connectivity index (χ4n) is 1.33. The Balaban J connectivity index is 2.24. The lowest BCUT2D eigenvalue weighted by atomic mass is 10.1. The van der Waals surface area contributed by atoms with Crippen molar-refractivity contribution >= 4 is 17.5 Å². The van der Waals surface area contributed by atoms with Crippen LogP contribution in [0.5, 0.6) is 0 Å². The topological polar surface area (TPSA) is 55.1 Å². The van der Waals surface area contributed by atoms with Crippen molar-refractivity contribution in [2.24, 2.45) is 5.92 Å². The van der Waals surface area contributed by atoms with Crippen molar-refractivity contribution in [2.75, 3.05) is 12.4 Å². The van der Waals surface area contributed by atoms with E-state index in [2.05, 4.69) is 17.2 Å². The lowest BCUT2D eigenvalue weighted by Crippen LogP contribution is -2.25. The maximum absolute atomic E-state index is 11.6. The summed E-state index contributed by atoms with van der Waals surface area (Å²) in [6.07, 6.45) is 3.21. The van der Waals surface area contributed by atoms with Crippen LogP contribution in [-0.2, 0) is 0 Å². The molecule has 0 saturated heterocycles. The lowest BCUT2D eigenvalue weighted by molar-refractivity contribution is 0.0924. The zero-order valence-corrected chi connectivity index (χ0v) is 10.4. The van der Waals surface area contributed by atoms with E-state index < -0.39 is 0 Å². The number of hydrogen-bond acceptors (Lipinski definition) is 3. The molecule has 90 valence electrons. The van der Waals surface area contributed by atoms with Crippen LogP contribution >= 0.6 is 11.6 Å².